The molecule has 214 valence electrons. The van der Waals surface area contributed by atoms with Gasteiger partial charge in [0, 0.05) is 29.3 Å². The number of hydrogen-bond acceptors (Lipinski definition) is 8. The van der Waals surface area contributed by atoms with E-state index in [-0.39, 0.29) is 17.9 Å². The second-order valence-electron chi connectivity index (χ2n) is 9.31. The SMILES string of the molecule is COC1[C@@H](Sc2cc(Cl)cnc2Br)OC2COC(c3ccccc3)O[C@@H]2[C@@H]1n1cc(-c2cc(F)c(F)c(F)c2)nn1. The normalized spacial score (nSPS) is 26.1. The quantitative estimate of drug-likeness (QED) is 0.173. The molecule has 4 heterocycles. The first-order valence-electron chi connectivity index (χ1n) is 12.4. The Labute approximate surface area is 250 Å². The maximum absolute atomic E-state index is 14.0. The maximum atomic E-state index is 14.0. The van der Waals surface area contributed by atoms with E-state index < -0.39 is 53.5 Å². The van der Waals surface area contributed by atoms with E-state index in [1.54, 1.807) is 6.07 Å². The predicted molar refractivity (Wildman–Crippen MR) is 147 cm³/mol. The third kappa shape index (κ3) is 5.76. The van der Waals surface area contributed by atoms with Gasteiger partial charge >= 0.3 is 0 Å². The van der Waals surface area contributed by atoms with Gasteiger partial charge in [-0.2, -0.15) is 0 Å². The van der Waals surface area contributed by atoms with Crippen molar-refractivity contribution in [1.29, 1.82) is 0 Å². The molecule has 6 rings (SSSR count). The van der Waals surface area contributed by atoms with Gasteiger partial charge in [0.25, 0.3) is 0 Å². The highest BCUT2D eigenvalue weighted by atomic mass is 79.9. The van der Waals surface area contributed by atoms with Crippen LogP contribution in [0.15, 0.2) is 70.4 Å². The highest BCUT2D eigenvalue weighted by Gasteiger charge is 2.52. The minimum atomic E-state index is -1.56. The van der Waals surface area contributed by atoms with Gasteiger partial charge in [-0.3, -0.25) is 0 Å². The number of aromatic nitrogens is 4. The van der Waals surface area contributed by atoms with E-state index in [0.717, 1.165) is 22.6 Å². The lowest BCUT2D eigenvalue weighted by molar-refractivity contribution is -0.308. The lowest BCUT2D eigenvalue weighted by atomic mass is 9.95. The van der Waals surface area contributed by atoms with Crippen LogP contribution in [-0.2, 0) is 18.9 Å². The van der Waals surface area contributed by atoms with Gasteiger partial charge in [-0.1, -0.05) is 58.9 Å². The summed E-state index contributed by atoms with van der Waals surface area (Å²) in [4.78, 5) is 4.98. The first kappa shape index (κ1) is 28.6. The number of hydrogen-bond donors (Lipinski definition) is 0. The molecule has 0 amide bonds. The second kappa shape index (κ2) is 12.0. The van der Waals surface area contributed by atoms with Gasteiger partial charge in [-0.05, 0) is 34.1 Å². The summed E-state index contributed by atoms with van der Waals surface area (Å²) in [6.07, 6.45) is 0.545. The molecule has 3 unspecified atom stereocenters. The third-order valence-corrected chi connectivity index (χ3v) is 9.04. The van der Waals surface area contributed by atoms with Crippen molar-refractivity contribution in [3.05, 3.63) is 93.6 Å². The predicted octanol–water partition coefficient (Wildman–Crippen LogP) is 6.36. The molecule has 2 aromatic carbocycles. The molecule has 0 N–H and O–H groups in total. The molecule has 2 fully saturated rings. The number of nitrogens with zero attached hydrogens (tertiary/aromatic N) is 4. The molecule has 2 aliphatic heterocycles. The molecule has 2 aliphatic rings. The van der Waals surface area contributed by atoms with Crippen LogP contribution in [-0.4, -0.2) is 57.4 Å². The maximum Gasteiger partial charge on any atom is 0.194 e. The number of methoxy groups -OCH3 is 1. The van der Waals surface area contributed by atoms with Crippen LogP contribution in [0, 0.1) is 17.5 Å². The van der Waals surface area contributed by atoms with Crippen LogP contribution in [0.1, 0.15) is 17.9 Å². The fraction of sp³-hybridized carbons (Fsp3) is 0.296. The van der Waals surface area contributed by atoms with E-state index in [9.17, 15) is 13.2 Å². The second-order valence-corrected chi connectivity index (χ2v) is 11.6. The number of ether oxygens (including phenoxy) is 4. The molecule has 0 saturated carbocycles. The van der Waals surface area contributed by atoms with Crippen LogP contribution in [0.3, 0.4) is 0 Å². The highest BCUT2D eigenvalue weighted by Crippen LogP contribution is 2.45. The van der Waals surface area contributed by atoms with Gasteiger partial charge in [0.15, 0.2) is 23.7 Å². The Kier molecular flexibility index (Phi) is 8.37. The van der Waals surface area contributed by atoms with Crippen LogP contribution >= 0.6 is 39.3 Å². The van der Waals surface area contributed by atoms with E-state index in [1.165, 1.54) is 35.9 Å². The van der Waals surface area contributed by atoms with Gasteiger partial charge < -0.3 is 18.9 Å². The molecule has 2 aromatic heterocycles. The van der Waals surface area contributed by atoms with Crippen molar-refractivity contribution in [2.45, 2.75) is 41.0 Å². The Morgan fingerprint density at radius 1 is 1.10 bits per heavy atom. The van der Waals surface area contributed by atoms with Crippen molar-refractivity contribution in [1.82, 2.24) is 20.0 Å². The number of thioether (sulfide) groups is 1. The summed E-state index contributed by atoms with van der Waals surface area (Å²) in [6, 6.07) is 12.3. The van der Waals surface area contributed by atoms with Crippen molar-refractivity contribution in [3.63, 3.8) is 0 Å². The largest absolute Gasteiger partial charge is 0.375 e. The first-order chi connectivity index (χ1) is 19.8. The molecule has 0 bridgehead atoms. The summed E-state index contributed by atoms with van der Waals surface area (Å²) in [7, 11) is 1.54. The fourth-order valence-corrected chi connectivity index (χ4v) is 6.78. The Morgan fingerprint density at radius 3 is 2.59 bits per heavy atom. The highest BCUT2D eigenvalue weighted by molar-refractivity contribution is 9.10. The van der Waals surface area contributed by atoms with Crippen molar-refractivity contribution >= 4 is 39.3 Å². The summed E-state index contributed by atoms with van der Waals surface area (Å²) < 4.78 is 68.6. The van der Waals surface area contributed by atoms with Crippen LogP contribution in [0.25, 0.3) is 11.3 Å². The molecule has 0 aliphatic carbocycles. The Morgan fingerprint density at radius 2 is 1.85 bits per heavy atom. The minimum absolute atomic E-state index is 0.0279. The fourth-order valence-electron chi connectivity index (χ4n) is 4.86. The molecular weight excluding hydrogens is 649 g/mol. The van der Waals surface area contributed by atoms with E-state index in [4.69, 9.17) is 30.5 Å². The Hall–Kier alpha value is -2.52. The molecule has 14 heteroatoms. The monoisotopic (exact) mass is 668 g/mol. The molecule has 8 nitrogen and oxygen atoms in total. The molecular formula is C27H21BrClF3N4O4S. The van der Waals surface area contributed by atoms with Crippen LogP contribution < -0.4 is 0 Å². The van der Waals surface area contributed by atoms with E-state index in [2.05, 4.69) is 31.2 Å². The summed E-state index contributed by atoms with van der Waals surface area (Å²) in [5, 5.41) is 8.85. The number of halogens is 5. The third-order valence-electron chi connectivity index (χ3n) is 6.77. The van der Waals surface area contributed by atoms with E-state index >= 15 is 0 Å². The average Bonchev–Trinajstić information content (AvgIpc) is 3.47. The van der Waals surface area contributed by atoms with Crippen molar-refractivity contribution in [3.8, 4) is 11.3 Å². The van der Waals surface area contributed by atoms with Gasteiger partial charge in [0.2, 0.25) is 0 Å². The van der Waals surface area contributed by atoms with Crippen molar-refractivity contribution in [2.24, 2.45) is 0 Å². The van der Waals surface area contributed by atoms with E-state index in [0.29, 0.717) is 9.63 Å². The summed E-state index contributed by atoms with van der Waals surface area (Å²) >= 11 is 11.0. The summed E-state index contributed by atoms with van der Waals surface area (Å²) in [6.45, 7) is 0.207. The summed E-state index contributed by atoms with van der Waals surface area (Å²) in [5.74, 6) is -4.21. The molecule has 2 saturated heterocycles. The number of pyridine rings is 1. The standard InChI is InChI=1S/C27H21BrClF3N4O4S/c1-37-24-22(36-11-18(34-35-36)14-7-16(30)21(32)17(31)8-14)23-19(12-38-26(40-23)13-5-3-2-4-6-13)39-27(24)41-20-9-15(29)10-33-25(20)28/h2-11,19,22-24,26-27H,12H2,1H3/t19?,22-,23-,24?,26?,27+/m0/s1. The number of rotatable bonds is 6. The molecule has 41 heavy (non-hydrogen) atoms. The lowest BCUT2D eigenvalue weighted by Gasteiger charge is -2.48. The zero-order valence-corrected chi connectivity index (χ0v) is 24.3. The van der Waals surface area contributed by atoms with Gasteiger partial charge in [0.1, 0.15) is 40.1 Å². The minimum Gasteiger partial charge on any atom is -0.375 e. The Bertz CT molecular complexity index is 1530. The van der Waals surface area contributed by atoms with Crippen LogP contribution in [0.5, 0.6) is 0 Å². The number of fused-ring (bicyclic) bond motifs is 1. The van der Waals surface area contributed by atoms with E-state index in [1.807, 2.05) is 30.3 Å². The lowest BCUT2D eigenvalue weighted by Crippen LogP contribution is -2.59. The first-order valence-corrected chi connectivity index (χ1v) is 14.4. The molecule has 6 atom stereocenters. The summed E-state index contributed by atoms with van der Waals surface area (Å²) in [5.41, 5.74) is 0.385. The average molecular weight is 670 g/mol. The molecule has 0 spiro atoms. The van der Waals surface area contributed by atoms with Gasteiger partial charge in [-0.25, -0.2) is 22.8 Å². The Balaban J connectivity index is 1.38. The van der Waals surface area contributed by atoms with Crippen LogP contribution in [0.2, 0.25) is 5.02 Å². The van der Waals surface area contributed by atoms with Crippen LogP contribution in [0.4, 0.5) is 13.2 Å². The van der Waals surface area contributed by atoms with Gasteiger partial charge in [0.05, 0.1) is 17.8 Å². The topological polar surface area (TPSA) is 80.5 Å². The number of benzene rings is 2. The smallest absolute Gasteiger partial charge is 0.194 e. The van der Waals surface area contributed by atoms with Crippen molar-refractivity contribution < 1.29 is 32.1 Å². The molecule has 0 radical (unpaired) electrons. The van der Waals surface area contributed by atoms with Gasteiger partial charge in [-0.15, -0.1) is 5.10 Å². The molecule has 4 aromatic rings. The zero-order chi connectivity index (χ0) is 28.7. The van der Waals surface area contributed by atoms with Crippen molar-refractivity contribution in [2.75, 3.05) is 13.7 Å². The zero-order valence-electron chi connectivity index (χ0n) is 21.2.